The first kappa shape index (κ1) is 19.5. The molecule has 1 heterocycles. The van der Waals surface area contributed by atoms with Gasteiger partial charge in [-0.15, -0.1) is 0 Å². The second-order valence-electron chi connectivity index (χ2n) is 7.62. The van der Waals surface area contributed by atoms with Crippen LogP contribution in [0.5, 0.6) is 5.75 Å². The lowest BCUT2D eigenvalue weighted by Crippen LogP contribution is -2.43. The number of carboxylic acids is 1. The fraction of sp³-hybridized carbons (Fsp3) is 0.400. The van der Waals surface area contributed by atoms with Crippen molar-refractivity contribution in [1.82, 2.24) is 4.90 Å². The van der Waals surface area contributed by atoms with E-state index >= 15 is 0 Å². The molecule has 0 radical (unpaired) electrons. The zero-order valence-corrected chi connectivity index (χ0v) is 17.0. The van der Waals surface area contributed by atoms with Crippen molar-refractivity contribution in [3.05, 3.63) is 40.9 Å². The third-order valence-corrected chi connectivity index (χ3v) is 4.75. The van der Waals surface area contributed by atoms with Gasteiger partial charge in [0.2, 0.25) is 0 Å². The monoisotopic (exact) mass is 435 g/mol. The van der Waals surface area contributed by atoms with Gasteiger partial charge in [-0.1, -0.05) is 28.1 Å². The molecule has 3 rings (SSSR count). The summed E-state index contributed by atoms with van der Waals surface area (Å²) < 4.78 is 12.3. The maximum atomic E-state index is 12.4. The number of hydrogen-bond acceptors (Lipinski definition) is 4. The number of halogens is 1. The molecule has 2 aromatic rings. The van der Waals surface area contributed by atoms with Crippen LogP contribution < -0.4 is 4.74 Å². The van der Waals surface area contributed by atoms with Crippen molar-refractivity contribution in [1.29, 1.82) is 0 Å². The van der Waals surface area contributed by atoms with Gasteiger partial charge in [0.1, 0.15) is 23.5 Å². The van der Waals surface area contributed by atoms with Crippen LogP contribution in [-0.4, -0.2) is 46.4 Å². The molecule has 0 aliphatic carbocycles. The van der Waals surface area contributed by atoms with E-state index in [1.165, 1.54) is 4.90 Å². The van der Waals surface area contributed by atoms with Crippen molar-refractivity contribution in [2.75, 3.05) is 6.54 Å². The van der Waals surface area contributed by atoms with Gasteiger partial charge in [0.05, 0.1) is 6.54 Å². The Bertz CT molecular complexity index is 876. The van der Waals surface area contributed by atoms with Crippen molar-refractivity contribution < 1.29 is 24.2 Å². The Balaban J connectivity index is 1.75. The molecular formula is C20H22BrNO5. The van der Waals surface area contributed by atoms with Crippen LogP contribution >= 0.6 is 15.9 Å². The van der Waals surface area contributed by atoms with Crippen LogP contribution in [0.1, 0.15) is 27.2 Å². The molecule has 1 aliphatic heterocycles. The van der Waals surface area contributed by atoms with Crippen molar-refractivity contribution >= 4 is 38.8 Å². The predicted octanol–water partition coefficient (Wildman–Crippen LogP) is 4.44. The highest BCUT2D eigenvalue weighted by Crippen LogP contribution is 2.28. The standard InChI is InChI=1S/C20H22BrNO5/c1-20(2,3)27-19(25)22-11-16(10-17(22)18(23)24)26-15-7-5-12-8-14(21)6-4-13(12)9-15/h4-9,16-17H,10-11H2,1-3H3,(H,23,24)/t16-,17-/m0/s1. The number of benzene rings is 2. The van der Waals surface area contributed by atoms with Crippen molar-refractivity contribution in [3.63, 3.8) is 0 Å². The molecule has 2 atom stereocenters. The zero-order valence-electron chi connectivity index (χ0n) is 15.4. The molecule has 1 amide bonds. The number of likely N-dealkylation sites (tertiary alicyclic amines) is 1. The molecule has 0 bridgehead atoms. The van der Waals surface area contributed by atoms with Gasteiger partial charge in [-0.2, -0.15) is 0 Å². The van der Waals surface area contributed by atoms with Gasteiger partial charge in [0.25, 0.3) is 0 Å². The highest BCUT2D eigenvalue weighted by Gasteiger charge is 2.42. The molecule has 2 aromatic carbocycles. The van der Waals surface area contributed by atoms with Crippen LogP contribution in [0.4, 0.5) is 4.79 Å². The van der Waals surface area contributed by atoms with E-state index in [0.29, 0.717) is 5.75 Å². The molecular weight excluding hydrogens is 414 g/mol. The first-order valence-electron chi connectivity index (χ1n) is 8.71. The fourth-order valence-electron chi connectivity index (χ4n) is 3.10. The third-order valence-electron chi connectivity index (χ3n) is 4.25. The van der Waals surface area contributed by atoms with E-state index in [9.17, 15) is 14.7 Å². The Labute approximate surface area is 166 Å². The van der Waals surface area contributed by atoms with E-state index < -0.39 is 29.8 Å². The number of ether oxygens (including phenoxy) is 2. The van der Waals surface area contributed by atoms with Gasteiger partial charge in [0.15, 0.2) is 0 Å². The molecule has 0 spiro atoms. The molecule has 1 saturated heterocycles. The van der Waals surface area contributed by atoms with Crippen molar-refractivity contribution in [3.8, 4) is 5.75 Å². The van der Waals surface area contributed by atoms with E-state index in [4.69, 9.17) is 9.47 Å². The summed E-state index contributed by atoms with van der Waals surface area (Å²) in [5.74, 6) is -0.416. The Morgan fingerprint density at radius 1 is 1.15 bits per heavy atom. The summed E-state index contributed by atoms with van der Waals surface area (Å²) in [5, 5.41) is 11.6. The van der Waals surface area contributed by atoms with Gasteiger partial charge >= 0.3 is 12.1 Å². The summed E-state index contributed by atoms with van der Waals surface area (Å²) in [6.45, 7) is 5.42. The number of rotatable bonds is 3. The summed E-state index contributed by atoms with van der Waals surface area (Å²) in [7, 11) is 0. The van der Waals surface area contributed by atoms with E-state index in [0.717, 1.165) is 15.2 Å². The molecule has 144 valence electrons. The average Bonchev–Trinajstić information content (AvgIpc) is 2.98. The summed E-state index contributed by atoms with van der Waals surface area (Å²) in [6.07, 6.45) is -0.830. The van der Waals surface area contributed by atoms with E-state index in [1.807, 2.05) is 36.4 Å². The fourth-order valence-corrected chi connectivity index (χ4v) is 3.48. The number of carbonyl (C=O) groups is 2. The first-order chi connectivity index (χ1) is 12.6. The maximum absolute atomic E-state index is 12.4. The van der Waals surface area contributed by atoms with Gasteiger partial charge in [-0.05, 0) is 55.8 Å². The quantitative estimate of drug-likeness (QED) is 0.770. The van der Waals surface area contributed by atoms with E-state index in [2.05, 4.69) is 15.9 Å². The van der Waals surface area contributed by atoms with E-state index in [-0.39, 0.29) is 13.0 Å². The highest BCUT2D eigenvalue weighted by molar-refractivity contribution is 9.10. The van der Waals surface area contributed by atoms with Crippen LogP contribution in [0.3, 0.4) is 0 Å². The zero-order chi connectivity index (χ0) is 19.8. The number of nitrogens with zero attached hydrogens (tertiary/aromatic N) is 1. The second kappa shape index (κ2) is 7.38. The topological polar surface area (TPSA) is 76.1 Å². The number of hydrogen-bond donors (Lipinski definition) is 1. The van der Waals surface area contributed by atoms with Crippen LogP contribution in [-0.2, 0) is 9.53 Å². The normalized spacial score (nSPS) is 19.9. The Hall–Kier alpha value is -2.28. The van der Waals surface area contributed by atoms with Gasteiger partial charge < -0.3 is 14.6 Å². The van der Waals surface area contributed by atoms with Gasteiger partial charge in [0, 0.05) is 10.9 Å². The van der Waals surface area contributed by atoms with Gasteiger partial charge in [-0.25, -0.2) is 9.59 Å². The lowest BCUT2D eigenvalue weighted by molar-refractivity contribution is -0.142. The van der Waals surface area contributed by atoms with Gasteiger partial charge in [-0.3, -0.25) is 4.90 Å². The first-order valence-corrected chi connectivity index (χ1v) is 9.50. The molecule has 0 saturated carbocycles. The lowest BCUT2D eigenvalue weighted by atomic mass is 10.1. The second-order valence-corrected chi connectivity index (χ2v) is 8.53. The molecule has 6 nitrogen and oxygen atoms in total. The predicted molar refractivity (Wildman–Crippen MR) is 105 cm³/mol. The third kappa shape index (κ3) is 4.71. The van der Waals surface area contributed by atoms with Crippen molar-refractivity contribution in [2.45, 2.75) is 44.9 Å². The minimum Gasteiger partial charge on any atom is -0.488 e. The van der Waals surface area contributed by atoms with Crippen LogP contribution in [0.2, 0.25) is 0 Å². The maximum Gasteiger partial charge on any atom is 0.411 e. The average molecular weight is 436 g/mol. The molecule has 7 heteroatoms. The van der Waals surface area contributed by atoms with Crippen molar-refractivity contribution in [2.24, 2.45) is 0 Å². The molecule has 1 N–H and O–H groups in total. The number of carbonyl (C=O) groups excluding carboxylic acids is 1. The van der Waals surface area contributed by atoms with Crippen LogP contribution in [0.15, 0.2) is 40.9 Å². The molecule has 1 fully saturated rings. The smallest absolute Gasteiger partial charge is 0.411 e. The summed E-state index contributed by atoms with van der Waals surface area (Å²) >= 11 is 3.45. The lowest BCUT2D eigenvalue weighted by Gasteiger charge is -2.26. The SMILES string of the molecule is CC(C)(C)OC(=O)N1C[C@@H](Oc2ccc3cc(Br)ccc3c2)C[C@H]1C(=O)O. The van der Waals surface area contributed by atoms with E-state index in [1.54, 1.807) is 20.8 Å². The molecule has 1 aliphatic rings. The Kier molecular flexibility index (Phi) is 5.33. The minimum atomic E-state index is -1.06. The Morgan fingerprint density at radius 3 is 2.48 bits per heavy atom. The summed E-state index contributed by atoms with van der Waals surface area (Å²) in [6, 6.07) is 10.7. The summed E-state index contributed by atoms with van der Waals surface area (Å²) in [5.41, 5.74) is -0.689. The largest absolute Gasteiger partial charge is 0.488 e. The van der Waals surface area contributed by atoms with Crippen LogP contribution in [0, 0.1) is 0 Å². The highest BCUT2D eigenvalue weighted by atomic mass is 79.9. The number of carboxylic acid groups (broad SMARTS) is 1. The minimum absolute atomic E-state index is 0.171. The number of amides is 1. The van der Waals surface area contributed by atoms with Crippen LogP contribution in [0.25, 0.3) is 10.8 Å². The number of fused-ring (bicyclic) bond motifs is 1. The molecule has 27 heavy (non-hydrogen) atoms. The molecule has 0 unspecified atom stereocenters. The number of aliphatic carboxylic acids is 1. The summed E-state index contributed by atoms with van der Waals surface area (Å²) in [4.78, 5) is 25.2. The Morgan fingerprint density at radius 2 is 1.81 bits per heavy atom. The molecule has 0 aromatic heterocycles.